The molecule has 0 radical (unpaired) electrons. The van der Waals surface area contributed by atoms with Crippen LogP contribution in [0.1, 0.15) is 25.7 Å². The normalized spacial score (nSPS) is 15.8. The molecule has 1 aliphatic rings. The van der Waals surface area contributed by atoms with E-state index in [1.807, 2.05) is 22.8 Å². The van der Waals surface area contributed by atoms with Gasteiger partial charge in [-0.2, -0.15) is 5.10 Å². The molecule has 0 atom stereocenters. The highest BCUT2D eigenvalue weighted by Gasteiger charge is 2.16. The summed E-state index contributed by atoms with van der Waals surface area (Å²) in [6, 6.07) is 5.76. The van der Waals surface area contributed by atoms with Gasteiger partial charge < -0.3 is 4.74 Å². The summed E-state index contributed by atoms with van der Waals surface area (Å²) in [4.78, 5) is 4.32. The zero-order valence-corrected chi connectivity index (χ0v) is 12.1. The van der Waals surface area contributed by atoms with Crippen molar-refractivity contribution in [1.82, 2.24) is 19.7 Å². The van der Waals surface area contributed by atoms with E-state index in [1.54, 1.807) is 6.20 Å². The highest BCUT2D eigenvalue weighted by Crippen LogP contribution is 2.21. The van der Waals surface area contributed by atoms with Crippen molar-refractivity contribution >= 4 is 12.2 Å². The smallest absolute Gasteiger partial charge is 0.195 e. The molecule has 0 aromatic carbocycles. The predicted molar refractivity (Wildman–Crippen MR) is 78.9 cm³/mol. The maximum atomic E-state index is 5.89. The van der Waals surface area contributed by atoms with Crippen LogP contribution in [0, 0.1) is 4.77 Å². The first-order valence-corrected chi connectivity index (χ1v) is 7.43. The molecule has 5 nitrogen and oxygen atoms in total. The number of ether oxygens (including phenoxy) is 1. The van der Waals surface area contributed by atoms with E-state index in [4.69, 9.17) is 17.0 Å². The van der Waals surface area contributed by atoms with Gasteiger partial charge in [-0.3, -0.25) is 14.6 Å². The number of pyridine rings is 1. The number of hydrogen-bond acceptors (Lipinski definition) is 4. The van der Waals surface area contributed by atoms with Crippen molar-refractivity contribution in [2.24, 2.45) is 0 Å². The van der Waals surface area contributed by atoms with Crippen molar-refractivity contribution in [3.8, 4) is 11.5 Å². The molecule has 0 aliphatic heterocycles. The van der Waals surface area contributed by atoms with E-state index in [9.17, 15) is 0 Å². The molecule has 106 valence electrons. The summed E-state index contributed by atoms with van der Waals surface area (Å²) in [5.74, 6) is 0.769. The molecule has 2 aromatic heterocycles. The van der Waals surface area contributed by atoms with Crippen LogP contribution < -0.4 is 0 Å². The van der Waals surface area contributed by atoms with Crippen molar-refractivity contribution in [1.29, 1.82) is 0 Å². The van der Waals surface area contributed by atoms with Gasteiger partial charge in [0.15, 0.2) is 10.6 Å². The Kier molecular flexibility index (Phi) is 4.22. The van der Waals surface area contributed by atoms with Crippen LogP contribution in [0.25, 0.3) is 11.5 Å². The third-order valence-corrected chi connectivity index (χ3v) is 3.93. The second-order valence-electron chi connectivity index (χ2n) is 5.00. The van der Waals surface area contributed by atoms with Crippen LogP contribution >= 0.6 is 12.2 Å². The molecule has 1 fully saturated rings. The van der Waals surface area contributed by atoms with Gasteiger partial charge in [-0.1, -0.05) is 18.9 Å². The Hall–Kier alpha value is -1.53. The van der Waals surface area contributed by atoms with Gasteiger partial charge >= 0.3 is 0 Å². The number of nitrogens with zero attached hydrogens (tertiary/aromatic N) is 3. The maximum absolute atomic E-state index is 5.89. The van der Waals surface area contributed by atoms with Crippen molar-refractivity contribution in [3.63, 3.8) is 0 Å². The Balaban J connectivity index is 1.69. The molecule has 1 saturated carbocycles. The van der Waals surface area contributed by atoms with Crippen molar-refractivity contribution in [2.75, 3.05) is 6.61 Å². The van der Waals surface area contributed by atoms with E-state index in [1.165, 1.54) is 25.7 Å². The lowest BCUT2D eigenvalue weighted by Gasteiger charge is -2.12. The molecule has 1 N–H and O–H groups in total. The summed E-state index contributed by atoms with van der Waals surface area (Å²) >= 11 is 5.28. The average molecular weight is 290 g/mol. The Labute approximate surface area is 123 Å². The van der Waals surface area contributed by atoms with Gasteiger partial charge in [0, 0.05) is 6.20 Å². The van der Waals surface area contributed by atoms with Crippen LogP contribution in [0.2, 0.25) is 0 Å². The third kappa shape index (κ3) is 2.96. The van der Waals surface area contributed by atoms with Gasteiger partial charge in [0.25, 0.3) is 0 Å². The van der Waals surface area contributed by atoms with Crippen LogP contribution in [0.15, 0.2) is 24.4 Å². The number of aromatic nitrogens is 4. The standard InChI is InChI=1S/C14H18N4OS/c20-14-17-16-13(12-7-3-4-8-15-12)18(14)9-10-19-11-5-1-2-6-11/h3-4,7-8,11H,1-2,5-6,9-10H2,(H,17,20). The molecular weight excluding hydrogens is 272 g/mol. The minimum Gasteiger partial charge on any atom is -0.376 e. The van der Waals surface area contributed by atoms with Crippen LogP contribution in [0.4, 0.5) is 0 Å². The lowest BCUT2D eigenvalue weighted by atomic mass is 10.3. The van der Waals surface area contributed by atoms with Gasteiger partial charge in [-0.15, -0.1) is 0 Å². The Bertz CT molecular complexity index is 601. The van der Waals surface area contributed by atoms with E-state index in [-0.39, 0.29) is 0 Å². The highest BCUT2D eigenvalue weighted by atomic mass is 32.1. The van der Waals surface area contributed by atoms with Crippen LogP contribution in [-0.2, 0) is 11.3 Å². The number of aromatic amines is 1. The topological polar surface area (TPSA) is 55.7 Å². The summed E-state index contributed by atoms with van der Waals surface area (Å²) in [6.45, 7) is 1.37. The van der Waals surface area contributed by atoms with Gasteiger partial charge in [-0.25, -0.2) is 0 Å². The molecule has 0 spiro atoms. The number of nitrogens with one attached hydrogen (secondary N) is 1. The summed E-state index contributed by atoms with van der Waals surface area (Å²) in [5.41, 5.74) is 0.820. The molecule has 20 heavy (non-hydrogen) atoms. The van der Waals surface area contributed by atoms with Crippen LogP contribution in [0.5, 0.6) is 0 Å². The van der Waals surface area contributed by atoms with Crippen molar-refractivity contribution < 1.29 is 4.74 Å². The van der Waals surface area contributed by atoms with E-state index >= 15 is 0 Å². The first-order chi connectivity index (χ1) is 9.84. The van der Waals surface area contributed by atoms with E-state index < -0.39 is 0 Å². The average Bonchev–Trinajstić information content (AvgIpc) is 3.11. The number of hydrogen-bond donors (Lipinski definition) is 1. The van der Waals surface area contributed by atoms with Crippen molar-refractivity contribution in [2.45, 2.75) is 38.3 Å². The fourth-order valence-electron chi connectivity index (χ4n) is 2.58. The quantitative estimate of drug-likeness (QED) is 0.860. The summed E-state index contributed by atoms with van der Waals surface area (Å²) in [7, 11) is 0. The molecule has 3 rings (SSSR count). The second kappa shape index (κ2) is 6.28. The van der Waals surface area contributed by atoms with Gasteiger partial charge in [0.1, 0.15) is 5.69 Å². The molecule has 6 heteroatoms. The SMILES string of the molecule is S=c1[nH]nc(-c2ccccn2)n1CCOC1CCCC1. The molecule has 0 bridgehead atoms. The van der Waals surface area contributed by atoms with Gasteiger partial charge in [0.05, 0.1) is 19.3 Å². The van der Waals surface area contributed by atoms with E-state index in [0.29, 0.717) is 24.0 Å². The lowest BCUT2D eigenvalue weighted by Crippen LogP contribution is -2.14. The highest BCUT2D eigenvalue weighted by molar-refractivity contribution is 7.71. The molecule has 2 heterocycles. The zero-order valence-electron chi connectivity index (χ0n) is 11.3. The second-order valence-corrected chi connectivity index (χ2v) is 5.38. The van der Waals surface area contributed by atoms with Crippen molar-refractivity contribution in [3.05, 3.63) is 29.2 Å². The van der Waals surface area contributed by atoms with Crippen LogP contribution in [-0.4, -0.2) is 32.5 Å². The summed E-state index contributed by atoms with van der Waals surface area (Å²) < 4.78 is 8.46. The molecule has 2 aromatic rings. The minimum absolute atomic E-state index is 0.425. The zero-order chi connectivity index (χ0) is 13.8. The number of rotatable bonds is 5. The Morgan fingerprint density at radius 1 is 1.35 bits per heavy atom. The molecular formula is C14H18N4OS. The minimum atomic E-state index is 0.425. The van der Waals surface area contributed by atoms with Crippen LogP contribution in [0.3, 0.4) is 0 Å². The first-order valence-electron chi connectivity index (χ1n) is 7.03. The Morgan fingerprint density at radius 3 is 2.95 bits per heavy atom. The lowest BCUT2D eigenvalue weighted by molar-refractivity contribution is 0.0529. The first kappa shape index (κ1) is 13.5. The predicted octanol–water partition coefficient (Wildman–Crippen LogP) is 2.96. The van der Waals surface area contributed by atoms with Gasteiger partial charge in [0.2, 0.25) is 0 Å². The summed E-state index contributed by atoms with van der Waals surface area (Å²) in [5, 5.41) is 7.10. The molecule has 1 aliphatic carbocycles. The summed E-state index contributed by atoms with van der Waals surface area (Å²) in [6.07, 6.45) is 7.12. The Morgan fingerprint density at radius 2 is 2.20 bits per heavy atom. The molecule has 0 unspecified atom stereocenters. The maximum Gasteiger partial charge on any atom is 0.195 e. The van der Waals surface area contributed by atoms with E-state index in [0.717, 1.165) is 11.5 Å². The molecule has 0 amide bonds. The van der Waals surface area contributed by atoms with Gasteiger partial charge in [-0.05, 0) is 37.2 Å². The largest absolute Gasteiger partial charge is 0.376 e. The fourth-order valence-corrected chi connectivity index (χ4v) is 2.80. The number of H-pyrrole nitrogens is 1. The molecule has 0 saturated heterocycles. The van der Waals surface area contributed by atoms with E-state index in [2.05, 4.69) is 15.2 Å². The third-order valence-electron chi connectivity index (χ3n) is 3.62. The monoisotopic (exact) mass is 290 g/mol. The fraction of sp³-hybridized carbons (Fsp3) is 0.500.